The molecule has 1 heterocycles. The highest BCUT2D eigenvalue weighted by molar-refractivity contribution is 5.41. The molecule has 1 aromatic rings. The lowest BCUT2D eigenvalue weighted by Crippen LogP contribution is -2.52. The predicted molar refractivity (Wildman–Crippen MR) is 145 cm³/mol. The lowest BCUT2D eigenvalue weighted by Gasteiger charge is -2.55. The summed E-state index contributed by atoms with van der Waals surface area (Å²) in [7, 11) is 0. The molecule has 0 amide bonds. The van der Waals surface area contributed by atoms with Gasteiger partial charge in [0.15, 0.2) is 5.79 Å². The van der Waals surface area contributed by atoms with E-state index >= 15 is 0 Å². The second kappa shape index (κ2) is 9.61. The van der Waals surface area contributed by atoms with Crippen molar-refractivity contribution in [3.8, 4) is 12.8 Å². The van der Waals surface area contributed by atoms with E-state index < -0.39 is 0 Å². The molecule has 3 nitrogen and oxygen atoms in total. The van der Waals surface area contributed by atoms with Gasteiger partial charge in [0, 0.05) is 24.2 Å². The summed E-state index contributed by atoms with van der Waals surface area (Å²) in [4.78, 5) is 0. The maximum atomic E-state index is 11.1. The fourth-order valence-electron chi connectivity index (χ4n) is 8.49. The van der Waals surface area contributed by atoms with Crippen LogP contribution in [-0.2, 0) is 15.9 Å². The molecule has 0 radical (unpaired) electrons. The van der Waals surface area contributed by atoms with E-state index in [1.807, 2.05) is 0 Å². The van der Waals surface area contributed by atoms with Crippen molar-refractivity contribution in [3.63, 3.8) is 0 Å². The zero-order valence-electron chi connectivity index (χ0n) is 22.9. The predicted octanol–water partition coefficient (Wildman–Crippen LogP) is 7.04. The molecule has 0 aromatic heterocycles. The van der Waals surface area contributed by atoms with Crippen molar-refractivity contribution >= 4 is 0 Å². The first kappa shape index (κ1) is 26.0. The molecule has 6 atom stereocenters. The van der Waals surface area contributed by atoms with E-state index in [9.17, 15) is 5.11 Å². The van der Waals surface area contributed by atoms with Gasteiger partial charge in [-0.3, -0.25) is 0 Å². The van der Waals surface area contributed by atoms with Crippen molar-refractivity contribution in [3.05, 3.63) is 46.5 Å². The third-order valence-corrected chi connectivity index (χ3v) is 10.5. The molecule has 1 N–H and O–H groups in total. The lowest BCUT2D eigenvalue weighted by molar-refractivity contribution is -0.312. The highest BCUT2D eigenvalue weighted by Crippen LogP contribution is 2.64. The van der Waals surface area contributed by atoms with Crippen LogP contribution in [0.4, 0.5) is 0 Å². The van der Waals surface area contributed by atoms with Crippen LogP contribution in [0.15, 0.2) is 35.4 Å². The normalized spacial score (nSPS) is 38.4. The SMILES string of the molecule is C#C.CCc1ccc(C2CC3(C)C(O)CCC3C3CCC4CC5(CCC4=C23)OCC(C)(C)CO5)cc1. The number of aliphatic hydroxyl groups excluding tert-OH is 1. The maximum Gasteiger partial charge on any atom is 0.169 e. The average molecular weight is 491 g/mol. The summed E-state index contributed by atoms with van der Waals surface area (Å²) in [5.41, 5.74) is 6.56. The maximum absolute atomic E-state index is 11.1. The number of hydrogen-bond donors (Lipinski definition) is 1. The number of fused-ring (bicyclic) bond motifs is 4. The molecule has 4 fully saturated rings. The molecular formula is C33H46O3. The highest BCUT2D eigenvalue weighted by atomic mass is 16.7. The Morgan fingerprint density at radius 3 is 2.31 bits per heavy atom. The van der Waals surface area contributed by atoms with Crippen molar-refractivity contribution in [2.24, 2.45) is 28.6 Å². The Kier molecular flexibility index (Phi) is 6.95. The van der Waals surface area contributed by atoms with Crippen LogP contribution in [0.25, 0.3) is 0 Å². The number of benzene rings is 1. The third kappa shape index (κ3) is 4.28. The number of hydrogen-bond acceptors (Lipinski definition) is 3. The number of allylic oxidation sites excluding steroid dienone is 2. The number of ether oxygens (including phenoxy) is 2. The topological polar surface area (TPSA) is 38.7 Å². The Hall–Kier alpha value is -1.60. The molecular weight excluding hydrogens is 444 g/mol. The summed E-state index contributed by atoms with van der Waals surface area (Å²) in [5, 5.41) is 11.1. The van der Waals surface area contributed by atoms with Gasteiger partial charge >= 0.3 is 0 Å². The Morgan fingerprint density at radius 1 is 0.944 bits per heavy atom. The molecule has 4 aliphatic carbocycles. The number of aryl methyl sites for hydroxylation is 1. The van der Waals surface area contributed by atoms with E-state index in [0.29, 0.717) is 23.7 Å². The molecule has 1 spiro atoms. The second-order valence-electron chi connectivity index (χ2n) is 13.3. The number of aliphatic hydroxyl groups is 1. The van der Waals surface area contributed by atoms with Crippen LogP contribution in [0.1, 0.15) is 96.1 Å². The smallest absolute Gasteiger partial charge is 0.169 e. The average Bonchev–Trinajstić information content (AvgIpc) is 3.20. The van der Waals surface area contributed by atoms with Gasteiger partial charge in [-0.1, -0.05) is 63.1 Å². The quantitative estimate of drug-likeness (QED) is 0.357. The van der Waals surface area contributed by atoms with Crippen LogP contribution >= 0.6 is 0 Å². The van der Waals surface area contributed by atoms with Gasteiger partial charge < -0.3 is 14.6 Å². The van der Waals surface area contributed by atoms with Gasteiger partial charge in [0.25, 0.3) is 0 Å². The number of terminal acetylenes is 1. The molecule has 36 heavy (non-hydrogen) atoms. The Balaban J connectivity index is 0.00000130. The standard InChI is InChI=1S/C31H44O3.C2H2/c1-5-20-6-8-21(9-7-20)25-17-30(4)26(12-13-27(30)32)24-11-10-22-16-31(15-14-23(22)28(24)25)33-18-29(2,3)19-34-31;1-2/h6-9,22,24-27,32H,5,10-19H2,1-4H3;1-2H. The number of rotatable bonds is 2. The van der Waals surface area contributed by atoms with Crippen LogP contribution in [0.3, 0.4) is 0 Å². The molecule has 1 aliphatic heterocycles. The molecule has 5 aliphatic rings. The Morgan fingerprint density at radius 2 is 1.64 bits per heavy atom. The fraction of sp³-hybridized carbons (Fsp3) is 0.697. The van der Waals surface area contributed by atoms with Gasteiger partial charge in [-0.05, 0) is 79.2 Å². The van der Waals surface area contributed by atoms with Crippen LogP contribution < -0.4 is 0 Å². The summed E-state index contributed by atoms with van der Waals surface area (Å²) in [6.07, 6.45) is 17.9. The van der Waals surface area contributed by atoms with Crippen LogP contribution in [0.2, 0.25) is 0 Å². The van der Waals surface area contributed by atoms with Crippen molar-refractivity contribution in [1.82, 2.24) is 0 Å². The fourth-order valence-corrected chi connectivity index (χ4v) is 8.49. The summed E-state index contributed by atoms with van der Waals surface area (Å²) in [6.45, 7) is 10.7. The van der Waals surface area contributed by atoms with E-state index in [0.717, 1.165) is 51.7 Å². The summed E-state index contributed by atoms with van der Waals surface area (Å²) >= 11 is 0. The molecule has 3 saturated carbocycles. The van der Waals surface area contributed by atoms with Crippen LogP contribution in [0.5, 0.6) is 0 Å². The van der Waals surface area contributed by atoms with Gasteiger partial charge in [-0.15, -0.1) is 12.8 Å². The zero-order chi connectivity index (χ0) is 25.7. The molecule has 6 rings (SSSR count). The minimum atomic E-state index is -0.359. The van der Waals surface area contributed by atoms with Crippen LogP contribution in [0, 0.1) is 41.4 Å². The minimum absolute atomic E-state index is 0.0483. The molecule has 1 saturated heterocycles. The first-order valence-corrected chi connectivity index (χ1v) is 14.3. The molecule has 0 bridgehead atoms. The summed E-state index contributed by atoms with van der Waals surface area (Å²) in [6, 6.07) is 9.44. The first-order chi connectivity index (χ1) is 17.2. The second-order valence-corrected chi connectivity index (χ2v) is 13.3. The lowest BCUT2D eigenvalue weighted by atomic mass is 9.52. The van der Waals surface area contributed by atoms with E-state index in [2.05, 4.69) is 64.8 Å². The van der Waals surface area contributed by atoms with Crippen molar-refractivity contribution in [1.29, 1.82) is 0 Å². The van der Waals surface area contributed by atoms with Crippen molar-refractivity contribution < 1.29 is 14.6 Å². The van der Waals surface area contributed by atoms with Gasteiger partial charge in [0.2, 0.25) is 0 Å². The van der Waals surface area contributed by atoms with Crippen molar-refractivity contribution in [2.45, 2.75) is 103 Å². The van der Waals surface area contributed by atoms with Gasteiger partial charge in [0.1, 0.15) is 0 Å². The highest BCUT2D eigenvalue weighted by Gasteiger charge is 2.57. The van der Waals surface area contributed by atoms with Gasteiger partial charge in [0.05, 0.1) is 19.3 Å². The van der Waals surface area contributed by atoms with E-state index in [-0.39, 0.29) is 22.7 Å². The van der Waals surface area contributed by atoms with Gasteiger partial charge in [-0.25, -0.2) is 0 Å². The first-order valence-electron chi connectivity index (χ1n) is 14.3. The minimum Gasteiger partial charge on any atom is -0.393 e. The van der Waals surface area contributed by atoms with Gasteiger partial charge in [-0.2, -0.15) is 0 Å². The Bertz CT molecular complexity index is 992. The summed E-state index contributed by atoms with van der Waals surface area (Å²) < 4.78 is 12.9. The molecule has 6 unspecified atom stereocenters. The molecule has 3 heteroatoms. The molecule has 196 valence electrons. The van der Waals surface area contributed by atoms with E-state index in [1.54, 1.807) is 11.1 Å². The Labute approximate surface area is 219 Å². The largest absolute Gasteiger partial charge is 0.393 e. The summed E-state index contributed by atoms with van der Waals surface area (Å²) in [5.74, 6) is 1.95. The van der Waals surface area contributed by atoms with E-state index in [1.165, 1.54) is 30.4 Å². The monoisotopic (exact) mass is 490 g/mol. The zero-order valence-corrected chi connectivity index (χ0v) is 22.9. The third-order valence-electron chi connectivity index (χ3n) is 10.5. The van der Waals surface area contributed by atoms with E-state index in [4.69, 9.17) is 9.47 Å². The van der Waals surface area contributed by atoms with Crippen molar-refractivity contribution in [2.75, 3.05) is 13.2 Å². The molecule has 1 aromatic carbocycles. The van der Waals surface area contributed by atoms with Crippen LogP contribution in [-0.4, -0.2) is 30.2 Å².